The lowest BCUT2D eigenvalue weighted by atomic mass is 9.97. The second-order valence-electron chi connectivity index (χ2n) is 13.5. The van der Waals surface area contributed by atoms with Crippen LogP contribution in [0.4, 0.5) is 0 Å². The Morgan fingerprint density at radius 3 is 1.51 bits per heavy atom. The number of methoxy groups -OCH3 is 2. The second-order valence-corrected chi connectivity index (χ2v) is 13.5. The summed E-state index contributed by atoms with van der Waals surface area (Å²) in [5, 5.41) is 9.72. The number of hydrogen-bond donors (Lipinski definition) is 1. The molecule has 1 aliphatic heterocycles. The van der Waals surface area contributed by atoms with E-state index in [4.69, 9.17) is 37.9 Å². The van der Waals surface area contributed by atoms with E-state index in [0.29, 0.717) is 36.7 Å². The maximum absolute atomic E-state index is 11.9. The minimum atomic E-state index is -1.08. The third kappa shape index (κ3) is 11.5. The highest BCUT2D eigenvalue weighted by molar-refractivity contribution is 5.92. The predicted octanol–water partition coefficient (Wildman–Crippen LogP) is 8.66. The van der Waals surface area contributed by atoms with Crippen LogP contribution < -0.4 is 14.2 Å². The van der Waals surface area contributed by atoms with Crippen LogP contribution in [0.15, 0.2) is 139 Å². The highest BCUT2D eigenvalue weighted by Gasteiger charge is 2.50. The smallest absolute Gasteiger partial charge is 0.331 e. The van der Waals surface area contributed by atoms with Gasteiger partial charge in [-0.2, -0.15) is 0 Å². The third-order valence-electron chi connectivity index (χ3n) is 9.55. The van der Waals surface area contributed by atoms with E-state index < -0.39 is 36.7 Å². The fourth-order valence-electron chi connectivity index (χ4n) is 6.57. The van der Waals surface area contributed by atoms with E-state index in [-0.39, 0.29) is 31.1 Å². The molecular weight excluding hydrogens is 725 g/mol. The minimum Gasteiger partial charge on any atom is -0.493 e. The predicted molar refractivity (Wildman–Crippen MR) is 216 cm³/mol. The van der Waals surface area contributed by atoms with E-state index in [1.54, 1.807) is 25.1 Å². The van der Waals surface area contributed by atoms with E-state index in [9.17, 15) is 9.90 Å². The van der Waals surface area contributed by atoms with Crippen LogP contribution in [-0.2, 0) is 54.9 Å². The van der Waals surface area contributed by atoms with Gasteiger partial charge in [0.05, 0.1) is 47.3 Å². The first kappa shape index (κ1) is 41.2. The molecule has 6 rings (SSSR count). The van der Waals surface area contributed by atoms with Crippen LogP contribution in [0.25, 0.3) is 6.08 Å². The molecule has 10 nitrogen and oxygen atoms in total. The minimum absolute atomic E-state index is 0.151. The Morgan fingerprint density at radius 1 is 0.632 bits per heavy atom. The van der Waals surface area contributed by atoms with E-state index in [1.165, 1.54) is 14.2 Å². The summed E-state index contributed by atoms with van der Waals surface area (Å²) >= 11 is 0. The Kier molecular flexibility index (Phi) is 15.3. The lowest BCUT2D eigenvalue weighted by molar-refractivity contribution is -0.310. The molecule has 0 saturated carbocycles. The highest BCUT2D eigenvalue weighted by Crippen LogP contribution is 2.42. The third-order valence-corrected chi connectivity index (χ3v) is 9.55. The van der Waals surface area contributed by atoms with Crippen molar-refractivity contribution in [3.8, 4) is 17.2 Å². The standard InChI is InChI=1S/C47H50O10/c1-4-38(46(48)49)25-37-26-39(50-2)42(40(27-37)51-3)57-47-45(55-31-36-23-15-8-16-24-36)44(54-30-35-21-13-7-14-22-35)43(53-29-34-19-11-6-12-20-34)41(56-47)32-52-28-33-17-9-5-10-18-33/h5-27,41,43-45,47H,4,28-32H2,1-3H3,(H,48,49)/t41-,43-,44+,45-,47+/m1/s1. The normalized spacial score (nSPS) is 19.5. The van der Waals surface area contributed by atoms with Gasteiger partial charge in [0.2, 0.25) is 12.0 Å². The molecule has 10 heteroatoms. The van der Waals surface area contributed by atoms with Crippen molar-refractivity contribution in [2.24, 2.45) is 0 Å². The van der Waals surface area contributed by atoms with Crippen molar-refractivity contribution >= 4 is 12.0 Å². The number of hydrogen-bond acceptors (Lipinski definition) is 9. The molecule has 0 aromatic heterocycles. The van der Waals surface area contributed by atoms with Crippen LogP contribution in [0.1, 0.15) is 41.2 Å². The molecule has 0 amide bonds. The molecule has 0 bridgehead atoms. The zero-order valence-corrected chi connectivity index (χ0v) is 32.5. The lowest BCUT2D eigenvalue weighted by Gasteiger charge is -2.45. The number of ether oxygens (including phenoxy) is 8. The van der Waals surface area contributed by atoms with Gasteiger partial charge in [-0.05, 0) is 52.4 Å². The first-order chi connectivity index (χ1) is 27.9. The van der Waals surface area contributed by atoms with Crippen molar-refractivity contribution in [1.29, 1.82) is 0 Å². The molecule has 0 aliphatic carbocycles. The summed E-state index contributed by atoms with van der Waals surface area (Å²) in [6, 6.07) is 43.0. The number of rotatable bonds is 20. The van der Waals surface area contributed by atoms with Crippen molar-refractivity contribution < 1.29 is 47.8 Å². The molecule has 0 radical (unpaired) electrons. The maximum atomic E-state index is 11.9. The molecule has 5 aromatic carbocycles. The van der Waals surface area contributed by atoms with Crippen molar-refractivity contribution in [3.05, 3.63) is 167 Å². The van der Waals surface area contributed by atoms with Crippen molar-refractivity contribution in [2.75, 3.05) is 20.8 Å². The zero-order chi connectivity index (χ0) is 39.8. The van der Waals surface area contributed by atoms with E-state index >= 15 is 0 Å². The quantitative estimate of drug-likeness (QED) is 0.0772. The Hall–Kier alpha value is -5.49. The average molecular weight is 775 g/mol. The number of benzene rings is 5. The van der Waals surface area contributed by atoms with Gasteiger partial charge >= 0.3 is 5.97 Å². The maximum Gasteiger partial charge on any atom is 0.331 e. The van der Waals surface area contributed by atoms with Crippen molar-refractivity contribution in [1.82, 2.24) is 0 Å². The van der Waals surface area contributed by atoms with E-state index in [1.807, 2.05) is 121 Å². The second kappa shape index (κ2) is 21.2. The Morgan fingerprint density at radius 2 is 1.07 bits per heavy atom. The van der Waals surface area contributed by atoms with Crippen molar-refractivity contribution in [2.45, 2.75) is 70.5 Å². The number of carboxylic acid groups (broad SMARTS) is 1. The number of carboxylic acids is 1. The van der Waals surface area contributed by atoms with Crippen LogP contribution in [0.5, 0.6) is 17.2 Å². The van der Waals surface area contributed by atoms with Crippen LogP contribution >= 0.6 is 0 Å². The summed E-state index contributed by atoms with van der Waals surface area (Å²) < 4.78 is 52.1. The van der Waals surface area contributed by atoms with Gasteiger partial charge in [-0.1, -0.05) is 128 Å². The van der Waals surface area contributed by atoms with E-state index in [2.05, 4.69) is 0 Å². The zero-order valence-electron chi connectivity index (χ0n) is 32.5. The van der Waals surface area contributed by atoms with Crippen molar-refractivity contribution in [3.63, 3.8) is 0 Å². The van der Waals surface area contributed by atoms with Crippen LogP contribution in [0.3, 0.4) is 0 Å². The number of aliphatic carboxylic acids is 1. The van der Waals surface area contributed by atoms with Gasteiger partial charge in [0.15, 0.2) is 11.5 Å². The summed E-state index contributed by atoms with van der Waals surface area (Å²) in [5.41, 5.74) is 4.73. The molecule has 298 valence electrons. The molecule has 1 fully saturated rings. The summed E-state index contributed by atoms with van der Waals surface area (Å²) in [6.07, 6.45) is -2.06. The summed E-state index contributed by atoms with van der Waals surface area (Å²) in [5.74, 6) is -0.130. The van der Waals surface area contributed by atoms with Crippen LogP contribution in [-0.4, -0.2) is 62.6 Å². The summed E-state index contributed by atoms with van der Waals surface area (Å²) in [7, 11) is 3.02. The average Bonchev–Trinajstić information content (AvgIpc) is 3.25. The molecule has 1 N–H and O–H groups in total. The highest BCUT2D eigenvalue weighted by atomic mass is 16.7. The van der Waals surface area contributed by atoms with Crippen LogP contribution in [0, 0.1) is 0 Å². The van der Waals surface area contributed by atoms with Gasteiger partial charge < -0.3 is 43.0 Å². The molecule has 0 unspecified atom stereocenters. The van der Waals surface area contributed by atoms with Gasteiger partial charge in [0.25, 0.3) is 0 Å². The van der Waals surface area contributed by atoms with Gasteiger partial charge in [0.1, 0.15) is 24.4 Å². The van der Waals surface area contributed by atoms with E-state index in [0.717, 1.165) is 22.3 Å². The molecule has 0 spiro atoms. The fourth-order valence-corrected chi connectivity index (χ4v) is 6.57. The molecule has 1 aliphatic rings. The fraction of sp³-hybridized carbons (Fsp3) is 0.298. The largest absolute Gasteiger partial charge is 0.493 e. The van der Waals surface area contributed by atoms with Gasteiger partial charge in [-0.15, -0.1) is 0 Å². The Balaban J connectivity index is 1.40. The van der Waals surface area contributed by atoms with Gasteiger partial charge in [-0.25, -0.2) is 4.79 Å². The topological polar surface area (TPSA) is 111 Å². The number of carbonyl (C=O) groups is 1. The molecular formula is C47H50O10. The SMILES string of the molecule is CCC(=Cc1cc(OC)c(O[C@@H]2O[C@H](COCc3ccccc3)[C@@H](OCc3ccccc3)[C@H](OCc3ccccc3)[C@H]2OCc2ccccc2)c(OC)c1)C(=O)O. The molecule has 1 heterocycles. The molecule has 1 saturated heterocycles. The lowest BCUT2D eigenvalue weighted by Crippen LogP contribution is -2.62. The Labute approximate surface area is 334 Å². The van der Waals surface area contributed by atoms with Crippen LogP contribution in [0.2, 0.25) is 0 Å². The first-order valence-electron chi connectivity index (χ1n) is 19.1. The molecule has 5 aromatic rings. The van der Waals surface area contributed by atoms with Gasteiger partial charge in [-0.3, -0.25) is 0 Å². The first-order valence-corrected chi connectivity index (χ1v) is 19.1. The Bertz CT molecular complexity index is 1960. The van der Waals surface area contributed by atoms with Gasteiger partial charge in [0, 0.05) is 5.57 Å². The monoisotopic (exact) mass is 774 g/mol. The molecule has 5 atom stereocenters. The summed E-state index contributed by atoms with van der Waals surface area (Å²) in [6.45, 7) is 3.08. The molecule has 57 heavy (non-hydrogen) atoms. The summed E-state index contributed by atoms with van der Waals surface area (Å²) in [4.78, 5) is 11.9.